The summed E-state index contributed by atoms with van der Waals surface area (Å²) in [4.78, 5) is 34.1. The van der Waals surface area contributed by atoms with Crippen LogP contribution in [0.15, 0.2) is 53.7 Å². The molecule has 0 atom stereocenters. The van der Waals surface area contributed by atoms with E-state index in [1.807, 2.05) is 25.1 Å². The molecule has 212 valence electrons. The van der Waals surface area contributed by atoms with Crippen molar-refractivity contribution < 1.29 is 14.6 Å². The van der Waals surface area contributed by atoms with Gasteiger partial charge in [-0.3, -0.25) is 9.59 Å². The number of piperidine rings is 1. The molecule has 0 bridgehead atoms. The number of H-pyrrole nitrogens is 1. The third kappa shape index (κ3) is 6.07. The largest absolute Gasteiger partial charge is 0.489 e. The van der Waals surface area contributed by atoms with Crippen molar-refractivity contribution in [2.24, 2.45) is 0 Å². The third-order valence-electron chi connectivity index (χ3n) is 7.32. The monoisotopic (exact) mass is 555 g/mol. The topological polar surface area (TPSA) is 149 Å². The number of nitriles is 1. The maximum absolute atomic E-state index is 12.9. The summed E-state index contributed by atoms with van der Waals surface area (Å²) in [5, 5.41) is 27.2. The van der Waals surface area contributed by atoms with Crippen LogP contribution in [0.25, 0.3) is 16.6 Å². The van der Waals surface area contributed by atoms with Gasteiger partial charge in [-0.1, -0.05) is 6.07 Å². The number of nitrogens with one attached hydrogen (secondary N) is 2. The first-order valence-corrected chi connectivity index (χ1v) is 13.5. The smallest absolute Gasteiger partial charge is 0.268 e. The highest BCUT2D eigenvalue weighted by Gasteiger charge is 2.33. The first-order valence-electron chi connectivity index (χ1n) is 13.5. The molecule has 41 heavy (non-hydrogen) atoms. The van der Waals surface area contributed by atoms with Crippen LogP contribution in [0.1, 0.15) is 55.2 Å². The van der Waals surface area contributed by atoms with Crippen molar-refractivity contribution in [3.63, 3.8) is 0 Å². The molecule has 1 aliphatic rings. The number of ether oxygens (including phenoxy) is 1. The first-order chi connectivity index (χ1) is 19.4. The summed E-state index contributed by atoms with van der Waals surface area (Å²) in [5.74, 6) is 1.04. The van der Waals surface area contributed by atoms with Crippen LogP contribution in [-0.2, 0) is 0 Å². The summed E-state index contributed by atoms with van der Waals surface area (Å²) in [6.45, 7) is 8.63. The quantitative estimate of drug-likeness (QED) is 0.315. The van der Waals surface area contributed by atoms with Crippen LogP contribution in [0.2, 0.25) is 0 Å². The van der Waals surface area contributed by atoms with Crippen LogP contribution in [0.5, 0.6) is 5.75 Å². The molecule has 5 rings (SSSR count). The average Bonchev–Trinajstić information content (AvgIpc) is 3.36. The van der Waals surface area contributed by atoms with Crippen molar-refractivity contribution in [1.82, 2.24) is 24.9 Å². The average molecular weight is 556 g/mol. The van der Waals surface area contributed by atoms with E-state index in [2.05, 4.69) is 26.4 Å². The highest BCUT2D eigenvalue weighted by molar-refractivity contribution is 5.94. The van der Waals surface area contributed by atoms with Crippen LogP contribution in [0.4, 0.5) is 5.82 Å². The number of aromatic amines is 1. The minimum atomic E-state index is -1.01. The predicted octanol–water partition coefficient (Wildman–Crippen LogP) is 3.20. The molecule has 0 spiro atoms. The lowest BCUT2D eigenvalue weighted by atomic mass is 9.89. The fourth-order valence-corrected chi connectivity index (χ4v) is 4.94. The highest BCUT2D eigenvalue weighted by atomic mass is 16.5. The van der Waals surface area contributed by atoms with E-state index in [0.29, 0.717) is 48.5 Å². The molecule has 0 aliphatic carbocycles. The number of nitrogens with zero attached hydrogens (tertiary/aromatic N) is 5. The van der Waals surface area contributed by atoms with Gasteiger partial charge in [0.05, 0.1) is 29.1 Å². The number of amides is 1. The Balaban J connectivity index is 1.32. The Bertz CT molecular complexity index is 1690. The van der Waals surface area contributed by atoms with Gasteiger partial charge >= 0.3 is 0 Å². The number of pyridine rings is 3. The van der Waals surface area contributed by atoms with E-state index in [-0.39, 0.29) is 18.1 Å². The summed E-state index contributed by atoms with van der Waals surface area (Å²) in [6, 6.07) is 11.0. The van der Waals surface area contributed by atoms with Gasteiger partial charge in [0.1, 0.15) is 29.9 Å². The van der Waals surface area contributed by atoms with Crippen molar-refractivity contribution in [2.45, 2.75) is 51.7 Å². The number of aliphatic hydroxyl groups is 1. The van der Waals surface area contributed by atoms with Crippen LogP contribution >= 0.6 is 0 Å². The second kappa shape index (κ2) is 10.7. The lowest BCUT2D eigenvalue weighted by Crippen LogP contribution is -2.54. The van der Waals surface area contributed by atoms with E-state index in [4.69, 9.17) is 9.72 Å². The van der Waals surface area contributed by atoms with Gasteiger partial charge in [-0.2, -0.15) is 10.4 Å². The normalized spacial score (nSPS) is 15.0. The summed E-state index contributed by atoms with van der Waals surface area (Å²) in [6.07, 6.45) is 6.39. The molecule has 0 aromatic carbocycles. The molecule has 4 aromatic rings. The minimum Gasteiger partial charge on any atom is -0.489 e. The Morgan fingerprint density at radius 1 is 1.24 bits per heavy atom. The highest BCUT2D eigenvalue weighted by Crippen LogP contribution is 2.32. The molecule has 0 radical (unpaired) electrons. The van der Waals surface area contributed by atoms with Gasteiger partial charge in [-0.25, -0.2) is 9.50 Å². The number of carbonyl (C=O) groups excluding carboxylic acids is 1. The van der Waals surface area contributed by atoms with E-state index in [9.17, 15) is 20.0 Å². The molecule has 3 N–H and O–H groups in total. The molecule has 1 saturated heterocycles. The second-order valence-electron chi connectivity index (χ2n) is 11.4. The van der Waals surface area contributed by atoms with E-state index in [0.717, 1.165) is 22.5 Å². The Morgan fingerprint density at radius 2 is 2.00 bits per heavy atom. The van der Waals surface area contributed by atoms with Gasteiger partial charge in [-0.15, -0.1) is 0 Å². The van der Waals surface area contributed by atoms with Crippen LogP contribution in [0.3, 0.4) is 0 Å². The van der Waals surface area contributed by atoms with Gasteiger partial charge in [0.15, 0.2) is 0 Å². The van der Waals surface area contributed by atoms with Gasteiger partial charge in [0, 0.05) is 42.0 Å². The molecule has 11 heteroatoms. The van der Waals surface area contributed by atoms with Crippen molar-refractivity contribution in [3.05, 3.63) is 76.1 Å². The Morgan fingerprint density at radius 3 is 2.66 bits per heavy atom. The Hall–Kier alpha value is -4.69. The number of aromatic nitrogens is 4. The van der Waals surface area contributed by atoms with E-state index in [1.165, 1.54) is 12.3 Å². The van der Waals surface area contributed by atoms with E-state index < -0.39 is 11.1 Å². The number of fused-ring (bicyclic) bond motifs is 1. The fraction of sp³-hybridized carbons (Fsp3) is 0.367. The first kappa shape index (κ1) is 27.9. The molecule has 1 fully saturated rings. The summed E-state index contributed by atoms with van der Waals surface area (Å²) in [5.41, 5.74) is 1.91. The number of anilines is 1. The standard InChI is InChI=1S/C30H33N7O4/c1-19-5-8-25(38)34-26(19)28(39)35-30(4)9-11-36(12-10-30)24-7-6-20(15-32-24)23-13-22(41-18-29(2,3)40)17-37-27(23)21(14-31)16-33-37/h5-8,13,15-17,40H,9-12,18H2,1-4H3,(H,34,38)(H,35,39). The van der Waals surface area contributed by atoms with Crippen molar-refractivity contribution >= 4 is 17.2 Å². The molecule has 0 saturated carbocycles. The predicted molar refractivity (Wildman–Crippen MR) is 154 cm³/mol. The lowest BCUT2D eigenvalue weighted by molar-refractivity contribution is 0.0283. The summed E-state index contributed by atoms with van der Waals surface area (Å²) < 4.78 is 7.43. The number of hydrogen-bond acceptors (Lipinski definition) is 8. The number of hydrogen-bond donors (Lipinski definition) is 3. The maximum Gasteiger partial charge on any atom is 0.268 e. The number of rotatable bonds is 7. The van der Waals surface area contributed by atoms with Crippen LogP contribution in [-0.4, -0.2) is 61.4 Å². The second-order valence-corrected chi connectivity index (χ2v) is 11.4. The van der Waals surface area contributed by atoms with Crippen molar-refractivity contribution in [2.75, 3.05) is 24.6 Å². The number of aryl methyl sites for hydroxylation is 1. The molecule has 11 nitrogen and oxygen atoms in total. The van der Waals surface area contributed by atoms with Crippen molar-refractivity contribution in [3.8, 4) is 22.9 Å². The Kier molecular flexibility index (Phi) is 7.28. The minimum absolute atomic E-state index is 0.0960. The molecular formula is C30H33N7O4. The van der Waals surface area contributed by atoms with Gasteiger partial charge in [0.25, 0.3) is 5.91 Å². The zero-order valence-corrected chi connectivity index (χ0v) is 23.6. The third-order valence-corrected chi connectivity index (χ3v) is 7.32. The Labute approximate surface area is 237 Å². The summed E-state index contributed by atoms with van der Waals surface area (Å²) >= 11 is 0. The van der Waals surface area contributed by atoms with Crippen LogP contribution in [0, 0.1) is 18.3 Å². The molecule has 0 unspecified atom stereocenters. The fourth-order valence-electron chi connectivity index (χ4n) is 4.94. The van der Waals surface area contributed by atoms with Gasteiger partial charge < -0.3 is 25.0 Å². The molecule has 4 aromatic heterocycles. The summed E-state index contributed by atoms with van der Waals surface area (Å²) in [7, 11) is 0. The van der Waals surface area contributed by atoms with E-state index in [1.54, 1.807) is 43.7 Å². The van der Waals surface area contributed by atoms with Crippen molar-refractivity contribution in [1.29, 1.82) is 5.26 Å². The lowest BCUT2D eigenvalue weighted by Gasteiger charge is -2.40. The molecule has 1 amide bonds. The molecule has 5 heterocycles. The van der Waals surface area contributed by atoms with Crippen LogP contribution < -0.4 is 20.5 Å². The van der Waals surface area contributed by atoms with E-state index >= 15 is 0 Å². The molecule has 1 aliphatic heterocycles. The zero-order valence-electron chi connectivity index (χ0n) is 23.6. The van der Waals surface area contributed by atoms with Gasteiger partial charge in [-0.05, 0) is 64.3 Å². The number of carbonyl (C=O) groups is 1. The maximum atomic E-state index is 12.9. The zero-order chi connectivity index (χ0) is 29.4. The molecular weight excluding hydrogens is 522 g/mol. The SMILES string of the molecule is Cc1ccc(=O)[nH]c1C(=O)NC1(C)CCN(c2ccc(-c3cc(OCC(C)(C)O)cn4ncc(C#N)c34)cn2)CC1. The van der Waals surface area contributed by atoms with Gasteiger partial charge in [0.2, 0.25) is 5.56 Å².